The lowest BCUT2D eigenvalue weighted by atomic mass is 9.94. The van der Waals surface area contributed by atoms with Gasteiger partial charge >= 0.3 is 5.97 Å². The third-order valence-corrected chi connectivity index (χ3v) is 5.89. The van der Waals surface area contributed by atoms with Gasteiger partial charge in [0.25, 0.3) is 11.7 Å². The predicted molar refractivity (Wildman–Crippen MR) is 136 cm³/mol. The summed E-state index contributed by atoms with van der Waals surface area (Å²) in [6.07, 6.45) is -0.272. The molecule has 0 saturated carbocycles. The first-order valence-corrected chi connectivity index (χ1v) is 11.5. The van der Waals surface area contributed by atoms with E-state index in [1.165, 1.54) is 12.0 Å². The number of Topliss-reactive ketones (excluding diaryl/α,β-unsaturated/α-hetero) is 1. The van der Waals surface area contributed by atoms with Gasteiger partial charge in [-0.1, -0.05) is 42.0 Å². The maximum absolute atomic E-state index is 13.3. The molecule has 184 valence electrons. The maximum Gasteiger partial charge on any atom is 0.338 e. The lowest BCUT2D eigenvalue weighted by Crippen LogP contribution is -2.29. The minimum atomic E-state index is -0.884. The van der Waals surface area contributed by atoms with E-state index in [2.05, 4.69) is 0 Å². The van der Waals surface area contributed by atoms with E-state index in [0.717, 1.165) is 5.56 Å². The highest BCUT2D eigenvalue weighted by Crippen LogP contribution is 2.43. The van der Waals surface area contributed by atoms with Crippen LogP contribution in [0.1, 0.15) is 46.9 Å². The molecule has 1 fully saturated rings. The Morgan fingerprint density at radius 2 is 1.64 bits per heavy atom. The first kappa shape index (κ1) is 24.7. The molecule has 3 aromatic rings. The van der Waals surface area contributed by atoms with Crippen molar-refractivity contribution in [2.24, 2.45) is 0 Å². The highest BCUT2D eigenvalue weighted by molar-refractivity contribution is 6.51. The molecular weight excluding hydrogens is 458 g/mol. The minimum Gasteiger partial charge on any atom is -0.507 e. The van der Waals surface area contributed by atoms with Gasteiger partial charge in [-0.15, -0.1) is 0 Å². The smallest absolute Gasteiger partial charge is 0.338 e. The fourth-order valence-electron chi connectivity index (χ4n) is 4.24. The summed E-state index contributed by atoms with van der Waals surface area (Å²) in [6.45, 7) is 5.37. The number of esters is 1. The molecule has 0 radical (unpaired) electrons. The van der Waals surface area contributed by atoms with Crippen LogP contribution >= 0.6 is 0 Å². The van der Waals surface area contributed by atoms with Crippen LogP contribution in [0.2, 0.25) is 0 Å². The average Bonchev–Trinajstić information content (AvgIpc) is 3.14. The summed E-state index contributed by atoms with van der Waals surface area (Å²) in [4.78, 5) is 40.3. The molecule has 7 nitrogen and oxygen atoms in total. The summed E-state index contributed by atoms with van der Waals surface area (Å²) >= 11 is 0. The predicted octanol–water partition coefficient (Wildman–Crippen LogP) is 5.20. The van der Waals surface area contributed by atoms with Gasteiger partial charge in [0.15, 0.2) is 0 Å². The van der Waals surface area contributed by atoms with Crippen LogP contribution in [0.5, 0.6) is 5.75 Å². The summed E-state index contributed by atoms with van der Waals surface area (Å²) in [5.41, 5.74) is 2.51. The summed E-state index contributed by atoms with van der Waals surface area (Å²) in [6, 6.07) is 19.6. The van der Waals surface area contributed by atoms with Crippen molar-refractivity contribution in [1.29, 1.82) is 0 Å². The van der Waals surface area contributed by atoms with Crippen molar-refractivity contribution in [3.05, 3.63) is 101 Å². The van der Waals surface area contributed by atoms with Crippen LogP contribution in [0.15, 0.2) is 78.4 Å². The number of carbonyl (C=O) groups is 3. The van der Waals surface area contributed by atoms with Gasteiger partial charge in [-0.05, 0) is 62.7 Å². The van der Waals surface area contributed by atoms with Gasteiger partial charge in [0.1, 0.15) is 11.5 Å². The molecule has 7 heteroatoms. The molecule has 0 bridgehead atoms. The highest BCUT2D eigenvalue weighted by atomic mass is 16.5. The first-order chi connectivity index (χ1) is 17.2. The van der Waals surface area contributed by atoms with E-state index >= 15 is 0 Å². The molecule has 0 spiro atoms. The van der Waals surface area contributed by atoms with Crippen LogP contribution in [0.3, 0.4) is 0 Å². The summed E-state index contributed by atoms with van der Waals surface area (Å²) in [7, 11) is 1.47. The molecule has 1 aliphatic rings. The van der Waals surface area contributed by atoms with Crippen molar-refractivity contribution < 1.29 is 29.0 Å². The maximum atomic E-state index is 13.3. The van der Waals surface area contributed by atoms with E-state index in [-0.39, 0.29) is 17.4 Å². The van der Waals surface area contributed by atoms with Gasteiger partial charge in [0, 0.05) is 5.69 Å². The molecule has 1 N–H and O–H groups in total. The second kappa shape index (κ2) is 10.1. The minimum absolute atomic E-state index is 0.0432. The Bertz CT molecular complexity index is 1340. The fraction of sp³-hybridized carbons (Fsp3) is 0.207. The van der Waals surface area contributed by atoms with E-state index in [1.807, 2.05) is 19.1 Å². The summed E-state index contributed by atoms with van der Waals surface area (Å²) in [5.74, 6) is -2.01. The number of anilines is 1. The number of ether oxygens (including phenoxy) is 2. The number of hydrogen-bond donors (Lipinski definition) is 1. The Kier molecular flexibility index (Phi) is 6.92. The molecule has 1 heterocycles. The van der Waals surface area contributed by atoms with Crippen molar-refractivity contribution in [2.75, 3.05) is 12.0 Å². The van der Waals surface area contributed by atoms with Crippen molar-refractivity contribution >= 4 is 29.1 Å². The van der Waals surface area contributed by atoms with Crippen LogP contribution in [0.25, 0.3) is 5.76 Å². The van der Waals surface area contributed by atoms with Crippen LogP contribution in [0, 0.1) is 6.92 Å². The molecule has 36 heavy (non-hydrogen) atoms. The Morgan fingerprint density at radius 1 is 0.972 bits per heavy atom. The van der Waals surface area contributed by atoms with Gasteiger partial charge in [-0.25, -0.2) is 4.79 Å². The van der Waals surface area contributed by atoms with E-state index in [9.17, 15) is 19.5 Å². The number of nitrogens with zero attached hydrogens (tertiary/aromatic N) is 1. The first-order valence-electron chi connectivity index (χ1n) is 11.5. The third kappa shape index (κ3) is 4.60. The zero-order chi connectivity index (χ0) is 26.0. The number of benzene rings is 3. The van der Waals surface area contributed by atoms with Crippen molar-refractivity contribution in [3.63, 3.8) is 0 Å². The number of carbonyl (C=O) groups excluding carboxylic acids is 3. The number of methoxy groups -OCH3 is 1. The van der Waals surface area contributed by atoms with E-state index in [4.69, 9.17) is 9.47 Å². The topological polar surface area (TPSA) is 93.1 Å². The van der Waals surface area contributed by atoms with Gasteiger partial charge in [-0.2, -0.15) is 0 Å². The van der Waals surface area contributed by atoms with Gasteiger partial charge in [-0.3, -0.25) is 14.5 Å². The zero-order valence-electron chi connectivity index (χ0n) is 20.5. The van der Waals surface area contributed by atoms with Crippen LogP contribution in [0.4, 0.5) is 5.69 Å². The molecule has 1 amide bonds. The number of aryl methyl sites for hydroxylation is 1. The Morgan fingerprint density at radius 3 is 2.25 bits per heavy atom. The lowest BCUT2D eigenvalue weighted by molar-refractivity contribution is -0.132. The normalized spacial score (nSPS) is 16.9. The van der Waals surface area contributed by atoms with Gasteiger partial charge in [0.2, 0.25) is 0 Å². The molecule has 3 aromatic carbocycles. The summed E-state index contributed by atoms with van der Waals surface area (Å²) in [5, 5.41) is 11.4. The second-order valence-corrected chi connectivity index (χ2v) is 8.78. The standard InChI is InChI=1S/C29H27NO6/c1-17(2)36-29(34)20-11-13-21(14-12-20)30-25(19-8-6-5-7-9-19)24(27(32)28(30)33)26(31)22-16-18(3)10-15-23(22)35-4/h5-17,25,31H,1-4H3/b26-24+. The number of aliphatic hydroxyl groups is 1. The highest BCUT2D eigenvalue weighted by Gasteiger charge is 2.47. The monoisotopic (exact) mass is 485 g/mol. The van der Waals surface area contributed by atoms with Crippen molar-refractivity contribution in [1.82, 2.24) is 0 Å². The molecule has 4 rings (SSSR count). The SMILES string of the molecule is COc1ccc(C)cc1/C(O)=C1\C(=O)C(=O)N(c2ccc(C(=O)OC(C)C)cc2)C1c1ccccc1. The number of rotatable bonds is 6. The molecular formula is C29H27NO6. The number of ketones is 1. The van der Waals surface area contributed by atoms with E-state index < -0.39 is 23.7 Å². The second-order valence-electron chi connectivity index (χ2n) is 8.78. The Hall–Kier alpha value is -4.39. The van der Waals surface area contributed by atoms with E-state index in [0.29, 0.717) is 28.1 Å². The number of hydrogen-bond acceptors (Lipinski definition) is 6. The van der Waals surface area contributed by atoms with Gasteiger partial charge < -0.3 is 14.6 Å². The molecule has 1 aliphatic heterocycles. The third-order valence-electron chi connectivity index (χ3n) is 5.89. The molecule has 1 atom stereocenters. The Balaban J connectivity index is 1.86. The zero-order valence-corrected chi connectivity index (χ0v) is 20.5. The number of amides is 1. The van der Waals surface area contributed by atoms with Crippen molar-refractivity contribution in [2.45, 2.75) is 32.9 Å². The lowest BCUT2D eigenvalue weighted by Gasteiger charge is -2.25. The van der Waals surface area contributed by atoms with E-state index in [1.54, 1.807) is 74.5 Å². The van der Waals surface area contributed by atoms with Crippen LogP contribution in [-0.2, 0) is 14.3 Å². The fourth-order valence-corrected chi connectivity index (χ4v) is 4.24. The van der Waals surface area contributed by atoms with Crippen LogP contribution in [-0.4, -0.2) is 36.0 Å². The Labute approximate surface area is 209 Å². The van der Waals surface area contributed by atoms with Gasteiger partial charge in [0.05, 0.1) is 36.0 Å². The number of aliphatic hydroxyl groups excluding tert-OH is 1. The van der Waals surface area contributed by atoms with Crippen LogP contribution < -0.4 is 9.64 Å². The molecule has 0 aromatic heterocycles. The molecule has 1 saturated heterocycles. The van der Waals surface area contributed by atoms with Crippen molar-refractivity contribution in [3.8, 4) is 5.75 Å². The average molecular weight is 486 g/mol. The quantitative estimate of drug-likeness (QED) is 0.223. The molecule has 1 unspecified atom stereocenters. The largest absolute Gasteiger partial charge is 0.507 e. The molecule has 0 aliphatic carbocycles. The summed E-state index contributed by atoms with van der Waals surface area (Å²) < 4.78 is 10.6.